The molecule has 1 aromatic carbocycles. The van der Waals surface area contributed by atoms with Crippen LogP contribution in [0, 0.1) is 0 Å². The maximum absolute atomic E-state index is 12.4. The van der Waals surface area contributed by atoms with Crippen LogP contribution in [0.3, 0.4) is 0 Å². The van der Waals surface area contributed by atoms with Gasteiger partial charge in [0.15, 0.2) is 5.82 Å². The molecule has 1 N–H and O–H groups in total. The van der Waals surface area contributed by atoms with Crippen LogP contribution >= 0.6 is 11.6 Å². The predicted octanol–water partition coefficient (Wildman–Crippen LogP) is 3.10. The smallest absolute Gasteiger partial charge is 0.255 e. The van der Waals surface area contributed by atoms with Gasteiger partial charge in [-0.05, 0) is 38.0 Å². The number of halogens is 1. The summed E-state index contributed by atoms with van der Waals surface area (Å²) in [5.74, 6) is 1.68. The molecule has 0 bridgehead atoms. The van der Waals surface area contributed by atoms with E-state index in [2.05, 4.69) is 15.5 Å². The first-order valence-electron chi connectivity index (χ1n) is 7.06. The molecule has 1 unspecified atom stereocenters. The van der Waals surface area contributed by atoms with Crippen molar-refractivity contribution < 1.29 is 14.1 Å². The Balaban J connectivity index is 1.73. The molecule has 6 nitrogen and oxygen atoms in total. The highest BCUT2D eigenvalue weighted by molar-refractivity contribution is 6.31. The minimum atomic E-state index is -0.392. The Morgan fingerprint density at radius 1 is 1.50 bits per heavy atom. The van der Waals surface area contributed by atoms with Crippen molar-refractivity contribution in [3.63, 3.8) is 0 Å². The van der Waals surface area contributed by atoms with Gasteiger partial charge in [-0.1, -0.05) is 16.8 Å². The number of benzene rings is 1. The molecule has 1 aliphatic rings. The summed E-state index contributed by atoms with van der Waals surface area (Å²) < 4.78 is 10.4. The van der Waals surface area contributed by atoms with Crippen molar-refractivity contribution in [2.24, 2.45) is 0 Å². The number of hydrogen-bond donors (Lipinski definition) is 1. The van der Waals surface area contributed by atoms with Gasteiger partial charge in [-0.15, -0.1) is 0 Å². The van der Waals surface area contributed by atoms with Gasteiger partial charge in [0.05, 0.1) is 12.7 Å². The Kier molecular flexibility index (Phi) is 4.02. The Hall–Kier alpha value is -2.08. The summed E-state index contributed by atoms with van der Waals surface area (Å²) in [4.78, 5) is 16.7. The molecule has 0 saturated heterocycles. The number of amides is 1. The number of carbonyl (C=O) groups is 1. The first kappa shape index (κ1) is 14.8. The van der Waals surface area contributed by atoms with Gasteiger partial charge in [0, 0.05) is 10.9 Å². The lowest BCUT2D eigenvalue weighted by molar-refractivity contribution is 0.0929. The minimum Gasteiger partial charge on any atom is -0.496 e. The van der Waals surface area contributed by atoms with Crippen LogP contribution in [0.25, 0.3) is 0 Å². The van der Waals surface area contributed by atoms with Crippen LogP contribution < -0.4 is 10.1 Å². The number of carbonyl (C=O) groups excluding carboxylic acids is 1. The van der Waals surface area contributed by atoms with E-state index in [0.29, 0.717) is 28.1 Å². The normalized spacial score (nSPS) is 15.4. The average molecular weight is 322 g/mol. The van der Waals surface area contributed by atoms with Gasteiger partial charge in [-0.2, -0.15) is 4.98 Å². The van der Waals surface area contributed by atoms with E-state index in [9.17, 15) is 4.79 Å². The molecule has 1 atom stereocenters. The molecule has 1 aromatic heterocycles. The second kappa shape index (κ2) is 5.96. The molecule has 1 fully saturated rings. The van der Waals surface area contributed by atoms with Crippen LogP contribution in [-0.2, 0) is 0 Å². The molecule has 22 heavy (non-hydrogen) atoms. The Labute approximate surface area is 132 Å². The lowest BCUT2D eigenvalue weighted by Crippen LogP contribution is -2.27. The third kappa shape index (κ3) is 3.06. The van der Waals surface area contributed by atoms with Gasteiger partial charge >= 0.3 is 0 Å². The number of rotatable bonds is 5. The van der Waals surface area contributed by atoms with Crippen molar-refractivity contribution in [1.29, 1.82) is 0 Å². The molecule has 1 aliphatic carbocycles. The van der Waals surface area contributed by atoms with E-state index in [1.54, 1.807) is 25.1 Å². The highest BCUT2D eigenvalue weighted by Gasteiger charge is 2.30. The minimum absolute atomic E-state index is 0.307. The van der Waals surface area contributed by atoms with Crippen LogP contribution in [-0.4, -0.2) is 23.2 Å². The van der Waals surface area contributed by atoms with Crippen LogP contribution in [0.4, 0.5) is 0 Å². The number of hydrogen-bond acceptors (Lipinski definition) is 5. The van der Waals surface area contributed by atoms with Crippen molar-refractivity contribution >= 4 is 17.5 Å². The first-order valence-corrected chi connectivity index (χ1v) is 7.44. The van der Waals surface area contributed by atoms with Gasteiger partial charge in [0.25, 0.3) is 5.91 Å². The largest absolute Gasteiger partial charge is 0.496 e. The Bertz CT molecular complexity index is 697. The Morgan fingerprint density at radius 2 is 2.27 bits per heavy atom. The maximum Gasteiger partial charge on any atom is 0.255 e. The van der Waals surface area contributed by atoms with Crippen molar-refractivity contribution in [1.82, 2.24) is 15.5 Å². The van der Waals surface area contributed by atoms with Gasteiger partial charge in [-0.3, -0.25) is 4.79 Å². The monoisotopic (exact) mass is 321 g/mol. The topological polar surface area (TPSA) is 77.2 Å². The SMILES string of the molecule is COc1ccc(Cl)cc1C(=O)NC(C)c1nc(C2CC2)no1. The zero-order valence-electron chi connectivity index (χ0n) is 12.3. The lowest BCUT2D eigenvalue weighted by atomic mass is 10.1. The van der Waals surface area contributed by atoms with E-state index in [4.69, 9.17) is 20.9 Å². The van der Waals surface area contributed by atoms with E-state index >= 15 is 0 Å². The molecule has 2 aromatic rings. The standard InChI is InChI=1S/C15H16ClN3O3/c1-8(15-18-13(19-22-15)9-3-4-9)17-14(20)11-7-10(16)5-6-12(11)21-2/h5-9H,3-4H2,1-2H3,(H,17,20). The van der Waals surface area contributed by atoms with Gasteiger partial charge < -0.3 is 14.6 Å². The molecule has 0 radical (unpaired) electrons. The van der Waals surface area contributed by atoms with E-state index in [-0.39, 0.29) is 5.91 Å². The third-order valence-electron chi connectivity index (χ3n) is 3.52. The van der Waals surface area contributed by atoms with E-state index in [0.717, 1.165) is 18.7 Å². The summed E-state index contributed by atoms with van der Waals surface area (Å²) in [6, 6.07) is 4.49. The molecule has 1 heterocycles. The molecule has 0 aliphatic heterocycles. The Morgan fingerprint density at radius 3 is 2.95 bits per heavy atom. The molecule has 3 rings (SSSR count). The highest BCUT2D eigenvalue weighted by Crippen LogP contribution is 2.38. The maximum atomic E-state index is 12.4. The summed E-state index contributed by atoms with van der Waals surface area (Å²) >= 11 is 5.94. The molecular weight excluding hydrogens is 306 g/mol. The lowest BCUT2D eigenvalue weighted by Gasteiger charge is -2.12. The van der Waals surface area contributed by atoms with E-state index in [1.807, 2.05) is 0 Å². The quantitative estimate of drug-likeness (QED) is 0.915. The van der Waals surface area contributed by atoms with Gasteiger partial charge in [0.2, 0.25) is 5.89 Å². The summed E-state index contributed by atoms with van der Waals surface area (Å²) in [5, 5.41) is 7.22. The van der Waals surface area contributed by atoms with Crippen molar-refractivity contribution in [2.45, 2.75) is 31.7 Å². The second-order valence-electron chi connectivity index (χ2n) is 5.30. The van der Waals surface area contributed by atoms with Crippen LogP contribution in [0.2, 0.25) is 5.02 Å². The summed E-state index contributed by atoms with van der Waals surface area (Å²) in [7, 11) is 1.50. The van der Waals surface area contributed by atoms with Crippen molar-refractivity contribution in [3.05, 3.63) is 40.5 Å². The van der Waals surface area contributed by atoms with Gasteiger partial charge in [0.1, 0.15) is 11.8 Å². The molecule has 116 valence electrons. The number of methoxy groups -OCH3 is 1. The fourth-order valence-corrected chi connectivity index (χ4v) is 2.30. The molecule has 7 heteroatoms. The predicted molar refractivity (Wildman–Crippen MR) is 80.2 cm³/mol. The molecule has 1 saturated carbocycles. The summed E-state index contributed by atoms with van der Waals surface area (Å²) in [6.45, 7) is 1.79. The zero-order chi connectivity index (χ0) is 15.7. The van der Waals surface area contributed by atoms with Crippen molar-refractivity contribution in [3.8, 4) is 5.75 Å². The van der Waals surface area contributed by atoms with E-state index in [1.165, 1.54) is 7.11 Å². The molecular formula is C15H16ClN3O3. The number of aromatic nitrogens is 2. The van der Waals surface area contributed by atoms with Crippen LogP contribution in [0.1, 0.15) is 53.8 Å². The fourth-order valence-electron chi connectivity index (χ4n) is 2.12. The van der Waals surface area contributed by atoms with E-state index < -0.39 is 6.04 Å². The first-order chi connectivity index (χ1) is 10.6. The third-order valence-corrected chi connectivity index (χ3v) is 3.76. The highest BCUT2D eigenvalue weighted by atomic mass is 35.5. The van der Waals surface area contributed by atoms with Crippen LogP contribution in [0.15, 0.2) is 22.7 Å². The van der Waals surface area contributed by atoms with Crippen molar-refractivity contribution in [2.75, 3.05) is 7.11 Å². The zero-order valence-corrected chi connectivity index (χ0v) is 13.1. The number of nitrogens with one attached hydrogen (secondary N) is 1. The summed E-state index contributed by atoms with van der Waals surface area (Å²) in [5.41, 5.74) is 0.365. The second-order valence-corrected chi connectivity index (χ2v) is 5.74. The van der Waals surface area contributed by atoms with Gasteiger partial charge in [-0.25, -0.2) is 0 Å². The fraction of sp³-hybridized carbons (Fsp3) is 0.400. The molecule has 0 spiro atoms. The van der Waals surface area contributed by atoms with Crippen LogP contribution in [0.5, 0.6) is 5.75 Å². The molecule has 1 amide bonds. The average Bonchev–Trinajstić information content (AvgIpc) is 3.24. The number of ether oxygens (including phenoxy) is 1. The number of nitrogens with zero attached hydrogens (tertiary/aromatic N) is 2. The summed E-state index contributed by atoms with van der Waals surface area (Å²) in [6.07, 6.45) is 2.19.